The van der Waals surface area contributed by atoms with Crippen molar-refractivity contribution in [2.75, 3.05) is 0 Å². The van der Waals surface area contributed by atoms with Crippen LogP contribution in [0.3, 0.4) is 0 Å². The quantitative estimate of drug-likeness (QED) is 0.442. The summed E-state index contributed by atoms with van der Waals surface area (Å²) in [4.78, 5) is 0. The molecule has 4 aliphatic rings. The second-order valence-electron chi connectivity index (χ2n) is 11.9. The van der Waals surface area contributed by atoms with Gasteiger partial charge in [-0.05, 0) is 65.9 Å². The molecule has 0 aliphatic heterocycles. The Balaban J connectivity index is 1.46. The standard InChI is InChI=1S/C30H46/c1-4-12-24(13-5-1)20-28-21-27-18-10-11-19-29(27)30(28,22-25-14-6-2-7-15-25)23-26-16-8-3-9-17-26/h10-11,18-19,24-26,28H,1-9,12-17,20-23H2. The Kier molecular flexibility index (Phi) is 6.88. The van der Waals surface area contributed by atoms with E-state index in [0.29, 0.717) is 5.41 Å². The topological polar surface area (TPSA) is 0 Å². The largest absolute Gasteiger partial charge is 0.0620 e. The predicted octanol–water partition coefficient (Wildman–Crippen LogP) is 9.01. The van der Waals surface area contributed by atoms with Gasteiger partial charge in [-0.25, -0.2) is 0 Å². The van der Waals surface area contributed by atoms with Gasteiger partial charge in [0.05, 0.1) is 0 Å². The lowest BCUT2D eigenvalue weighted by molar-refractivity contribution is 0.124. The van der Waals surface area contributed by atoms with Gasteiger partial charge in [-0.15, -0.1) is 0 Å². The van der Waals surface area contributed by atoms with Crippen LogP contribution in [0.15, 0.2) is 24.3 Å². The van der Waals surface area contributed by atoms with Gasteiger partial charge in [-0.3, -0.25) is 0 Å². The Bertz CT molecular complexity index is 634. The van der Waals surface area contributed by atoms with Crippen LogP contribution in [0.25, 0.3) is 0 Å². The molecule has 1 unspecified atom stereocenters. The summed E-state index contributed by atoms with van der Waals surface area (Å²) in [5.41, 5.74) is 4.07. The molecule has 3 fully saturated rings. The Labute approximate surface area is 186 Å². The highest BCUT2D eigenvalue weighted by atomic mass is 14.5. The summed E-state index contributed by atoms with van der Waals surface area (Å²) in [7, 11) is 0. The minimum atomic E-state index is 0.512. The maximum Gasteiger partial charge on any atom is -0.000750 e. The second-order valence-corrected chi connectivity index (χ2v) is 11.9. The molecule has 1 atom stereocenters. The molecule has 0 heterocycles. The highest BCUT2D eigenvalue weighted by molar-refractivity contribution is 5.41. The van der Waals surface area contributed by atoms with Gasteiger partial charge < -0.3 is 0 Å². The molecule has 0 heteroatoms. The average molecular weight is 407 g/mol. The van der Waals surface area contributed by atoms with Crippen LogP contribution in [-0.2, 0) is 11.8 Å². The third-order valence-corrected chi connectivity index (χ3v) is 9.90. The zero-order chi connectivity index (χ0) is 20.2. The lowest BCUT2D eigenvalue weighted by Gasteiger charge is -2.45. The molecule has 3 saturated carbocycles. The van der Waals surface area contributed by atoms with Crippen molar-refractivity contribution in [1.29, 1.82) is 0 Å². The lowest BCUT2D eigenvalue weighted by atomic mass is 9.60. The van der Waals surface area contributed by atoms with Crippen LogP contribution in [0.5, 0.6) is 0 Å². The van der Waals surface area contributed by atoms with E-state index < -0.39 is 0 Å². The highest BCUT2D eigenvalue weighted by Gasteiger charge is 2.49. The first-order valence-corrected chi connectivity index (χ1v) is 13.9. The Hall–Kier alpha value is -0.780. The summed E-state index contributed by atoms with van der Waals surface area (Å²) in [6, 6.07) is 9.79. The van der Waals surface area contributed by atoms with E-state index >= 15 is 0 Å². The third-order valence-electron chi connectivity index (χ3n) is 9.90. The van der Waals surface area contributed by atoms with Crippen molar-refractivity contribution in [2.45, 2.75) is 127 Å². The summed E-state index contributed by atoms with van der Waals surface area (Å²) in [5, 5.41) is 0. The zero-order valence-electron chi connectivity index (χ0n) is 19.6. The zero-order valence-corrected chi connectivity index (χ0v) is 19.6. The van der Waals surface area contributed by atoms with Crippen LogP contribution in [0, 0.1) is 23.7 Å². The van der Waals surface area contributed by atoms with Crippen LogP contribution in [0.2, 0.25) is 0 Å². The molecule has 0 amide bonds. The minimum Gasteiger partial charge on any atom is -0.0620 e. The van der Waals surface area contributed by atoms with Gasteiger partial charge in [0, 0.05) is 0 Å². The van der Waals surface area contributed by atoms with E-state index in [2.05, 4.69) is 24.3 Å². The smallest absolute Gasteiger partial charge is 0.000750 e. The van der Waals surface area contributed by atoms with E-state index in [9.17, 15) is 0 Å². The molecule has 5 rings (SSSR count). The fraction of sp³-hybridized carbons (Fsp3) is 0.800. The molecule has 1 aromatic rings. The average Bonchev–Trinajstić information content (AvgIpc) is 3.08. The minimum absolute atomic E-state index is 0.512. The molecule has 0 radical (unpaired) electrons. The molecule has 0 N–H and O–H groups in total. The van der Waals surface area contributed by atoms with Crippen molar-refractivity contribution in [3.8, 4) is 0 Å². The van der Waals surface area contributed by atoms with Gasteiger partial charge in [-0.1, -0.05) is 121 Å². The van der Waals surface area contributed by atoms with Gasteiger partial charge >= 0.3 is 0 Å². The predicted molar refractivity (Wildman–Crippen MR) is 129 cm³/mol. The Morgan fingerprint density at radius 1 is 0.600 bits per heavy atom. The fourth-order valence-electron chi connectivity index (χ4n) is 8.45. The molecule has 0 saturated heterocycles. The van der Waals surface area contributed by atoms with Crippen molar-refractivity contribution in [1.82, 2.24) is 0 Å². The van der Waals surface area contributed by atoms with Crippen molar-refractivity contribution < 1.29 is 0 Å². The molecule has 0 aromatic heterocycles. The van der Waals surface area contributed by atoms with E-state index in [1.54, 1.807) is 5.56 Å². The molecule has 0 spiro atoms. The van der Waals surface area contributed by atoms with Crippen LogP contribution in [-0.4, -0.2) is 0 Å². The van der Waals surface area contributed by atoms with Gasteiger partial charge in [0.2, 0.25) is 0 Å². The summed E-state index contributed by atoms with van der Waals surface area (Å²) < 4.78 is 0. The highest BCUT2D eigenvalue weighted by Crippen LogP contribution is 2.56. The monoisotopic (exact) mass is 406 g/mol. The number of benzene rings is 1. The van der Waals surface area contributed by atoms with Crippen LogP contribution in [0.4, 0.5) is 0 Å². The lowest BCUT2D eigenvalue weighted by Crippen LogP contribution is -2.38. The molecular formula is C30H46. The number of hydrogen-bond donors (Lipinski definition) is 0. The number of hydrogen-bond acceptors (Lipinski definition) is 0. The molecule has 30 heavy (non-hydrogen) atoms. The van der Waals surface area contributed by atoms with Gasteiger partial charge in [-0.2, -0.15) is 0 Å². The Morgan fingerprint density at radius 3 is 1.67 bits per heavy atom. The molecule has 0 nitrogen and oxygen atoms in total. The van der Waals surface area contributed by atoms with Crippen LogP contribution >= 0.6 is 0 Å². The maximum atomic E-state index is 2.59. The summed E-state index contributed by atoms with van der Waals surface area (Å²) in [6.45, 7) is 0. The summed E-state index contributed by atoms with van der Waals surface area (Å²) in [6.07, 6.45) is 28.6. The first kappa shape index (κ1) is 21.1. The SMILES string of the molecule is c1ccc2c(c1)CC(CC1CCCCC1)C2(CC1CCCCC1)CC1CCCCC1. The first-order chi connectivity index (χ1) is 14.8. The van der Waals surface area contributed by atoms with Gasteiger partial charge in [0.1, 0.15) is 0 Å². The third kappa shape index (κ3) is 4.54. The van der Waals surface area contributed by atoms with E-state index in [1.165, 1.54) is 122 Å². The Morgan fingerprint density at radius 2 is 1.10 bits per heavy atom. The van der Waals surface area contributed by atoms with E-state index in [4.69, 9.17) is 0 Å². The van der Waals surface area contributed by atoms with Crippen LogP contribution in [0.1, 0.15) is 127 Å². The molecule has 1 aromatic carbocycles. The summed E-state index contributed by atoms with van der Waals surface area (Å²) >= 11 is 0. The number of fused-ring (bicyclic) bond motifs is 1. The van der Waals surface area contributed by atoms with Crippen LogP contribution < -0.4 is 0 Å². The van der Waals surface area contributed by atoms with Gasteiger partial charge in [0.25, 0.3) is 0 Å². The van der Waals surface area contributed by atoms with Crippen molar-refractivity contribution in [3.05, 3.63) is 35.4 Å². The van der Waals surface area contributed by atoms with Crippen molar-refractivity contribution >= 4 is 0 Å². The normalized spacial score (nSPS) is 28.5. The fourth-order valence-corrected chi connectivity index (χ4v) is 8.45. The molecule has 4 aliphatic carbocycles. The van der Waals surface area contributed by atoms with Gasteiger partial charge in [0.15, 0.2) is 0 Å². The van der Waals surface area contributed by atoms with E-state index in [-0.39, 0.29) is 0 Å². The maximum absolute atomic E-state index is 2.59. The van der Waals surface area contributed by atoms with Crippen molar-refractivity contribution in [3.63, 3.8) is 0 Å². The van der Waals surface area contributed by atoms with E-state index in [1.807, 2.05) is 5.56 Å². The first-order valence-electron chi connectivity index (χ1n) is 13.9. The van der Waals surface area contributed by atoms with E-state index in [0.717, 1.165) is 23.7 Å². The van der Waals surface area contributed by atoms with Crippen molar-refractivity contribution in [2.24, 2.45) is 23.7 Å². The molecule has 0 bridgehead atoms. The number of rotatable bonds is 6. The summed E-state index contributed by atoms with van der Waals surface area (Å²) in [5.74, 6) is 3.96. The molecule has 166 valence electrons. The molecular weight excluding hydrogens is 360 g/mol. The second kappa shape index (κ2) is 9.79.